The number of aromatic carboxylic acids is 1. The number of pyridine rings is 1. The van der Waals surface area contributed by atoms with Crippen LogP contribution in [0.2, 0.25) is 5.02 Å². The van der Waals surface area contributed by atoms with Gasteiger partial charge in [-0.1, -0.05) is 24.6 Å². The summed E-state index contributed by atoms with van der Waals surface area (Å²) in [5.74, 6) is -2.02. The number of amides is 1. The fourth-order valence-corrected chi connectivity index (χ4v) is 4.73. The molecule has 2 N–H and O–H groups in total. The van der Waals surface area contributed by atoms with Crippen LogP contribution in [0, 0.1) is 0 Å². The minimum Gasteiger partial charge on any atom is -0.495 e. The lowest BCUT2D eigenvalue weighted by Gasteiger charge is -2.28. The number of ether oxygens (including phenoxy) is 2. The standard InChI is InChI=1S/C28H26ClF2N3O6/c1-4-21(25(36)33-17-8-5-15(6-9-17)27(37)38)34-13-22(39-3)19(12-23(34)35)18-11-16(29)7-10-20(18)28(2)14-32-26(40-28)24(30)31/h5-13,21,24H,4,14H2,1-3H3,(H,33,36)(H,37,38). The van der Waals surface area contributed by atoms with Gasteiger partial charge in [0.15, 0.2) is 5.60 Å². The SMILES string of the molecule is CCC(C(=O)Nc1ccc(C(=O)O)cc1)n1cc(OC)c(-c2cc(Cl)ccc2C2(C)CN=C(C(F)F)O2)cc1=O. The first-order valence-corrected chi connectivity index (χ1v) is 12.6. The molecule has 1 aromatic heterocycles. The maximum atomic E-state index is 13.4. The molecular weight excluding hydrogens is 548 g/mol. The Hall–Kier alpha value is -4.25. The van der Waals surface area contributed by atoms with Crippen LogP contribution in [0.5, 0.6) is 5.75 Å². The monoisotopic (exact) mass is 573 g/mol. The Morgan fingerprint density at radius 2 is 1.90 bits per heavy atom. The molecule has 2 heterocycles. The number of methoxy groups -OCH3 is 1. The van der Waals surface area contributed by atoms with Gasteiger partial charge >= 0.3 is 12.4 Å². The van der Waals surface area contributed by atoms with Gasteiger partial charge in [-0.05, 0) is 55.3 Å². The van der Waals surface area contributed by atoms with Crippen LogP contribution in [0.25, 0.3) is 11.1 Å². The lowest BCUT2D eigenvalue weighted by atomic mass is 9.88. The molecular formula is C28H26ClF2N3O6. The Bertz CT molecular complexity index is 1540. The molecule has 2 aromatic carbocycles. The fraction of sp³-hybridized carbons (Fsp3) is 0.286. The second-order valence-corrected chi connectivity index (χ2v) is 9.71. The Balaban J connectivity index is 1.71. The van der Waals surface area contributed by atoms with E-state index in [1.807, 2.05) is 0 Å². The number of rotatable bonds is 9. The first kappa shape index (κ1) is 28.8. The number of carboxylic acid groups (broad SMARTS) is 1. The molecule has 0 radical (unpaired) electrons. The Morgan fingerprint density at radius 1 is 1.20 bits per heavy atom. The van der Waals surface area contributed by atoms with E-state index in [1.54, 1.807) is 32.0 Å². The summed E-state index contributed by atoms with van der Waals surface area (Å²) in [6.07, 6.45) is -1.21. The van der Waals surface area contributed by atoms with Gasteiger partial charge in [-0.25, -0.2) is 9.79 Å². The van der Waals surface area contributed by atoms with Crippen LogP contribution < -0.4 is 15.6 Å². The summed E-state index contributed by atoms with van der Waals surface area (Å²) >= 11 is 6.28. The molecule has 40 heavy (non-hydrogen) atoms. The number of anilines is 1. The summed E-state index contributed by atoms with van der Waals surface area (Å²) < 4.78 is 38.9. The average molecular weight is 574 g/mol. The summed E-state index contributed by atoms with van der Waals surface area (Å²) in [6, 6.07) is 10.8. The lowest BCUT2D eigenvalue weighted by Crippen LogP contribution is -2.33. The number of carbonyl (C=O) groups excluding carboxylic acids is 1. The maximum Gasteiger partial charge on any atom is 0.335 e. The third kappa shape index (κ3) is 5.69. The minimum absolute atomic E-state index is 0.0633. The minimum atomic E-state index is -2.87. The Kier molecular flexibility index (Phi) is 8.24. The van der Waals surface area contributed by atoms with E-state index < -0.39 is 41.4 Å². The number of benzene rings is 2. The molecule has 0 saturated heterocycles. The molecule has 1 aliphatic heterocycles. The zero-order valence-corrected chi connectivity index (χ0v) is 22.5. The molecule has 1 aliphatic rings. The van der Waals surface area contributed by atoms with E-state index in [0.29, 0.717) is 27.4 Å². The van der Waals surface area contributed by atoms with Crippen LogP contribution in [0.3, 0.4) is 0 Å². The number of nitrogens with zero attached hydrogens (tertiary/aromatic N) is 2. The molecule has 210 valence electrons. The fourth-order valence-electron chi connectivity index (χ4n) is 4.55. The van der Waals surface area contributed by atoms with Crippen molar-refractivity contribution in [3.8, 4) is 16.9 Å². The van der Waals surface area contributed by atoms with E-state index in [-0.39, 0.29) is 24.3 Å². The molecule has 0 aliphatic carbocycles. The van der Waals surface area contributed by atoms with Gasteiger partial charge in [0, 0.05) is 27.9 Å². The summed E-state index contributed by atoms with van der Waals surface area (Å²) in [4.78, 5) is 41.4. The molecule has 4 rings (SSSR count). The number of nitrogens with one attached hydrogen (secondary N) is 1. The first-order chi connectivity index (χ1) is 19.0. The molecule has 0 saturated carbocycles. The molecule has 3 aromatic rings. The van der Waals surface area contributed by atoms with Gasteiger partial charge in [-0.3, -0.25) is 14.2 Å². The predicted octanol–water partition coefficient (Wildman–Crippen LogP) is 5.37. The van der Waals surface area contributed by atoms with Gasteiger partial charge in [-0.2, -0.15) is 8.78 Å². The van der Waals surface area contributed by atoms with E-state index in [9.17, 15) is 23.2 Å². The normalized spacial score (nSPS) is 17.2. The zero-order valence-electron chi connectivity index (χ0n) is 21.8. The van der Waals surface area contributed by atoms with Crippen LogP contribution in [0.15, 0.2) is 64.5 Å². The number of aliphatic imine (C=N–C) groups is 1. The number of alkyl halides is 2. The molecule has 0 bridgehead atoms. The summed E-state index contributed by atoms with van der Waals surface area (Å²) in [6.45, 7) is 3.29. The lowest BCUT2D eigenvalue weighted by molar-refractivity contribution is -0.119. The summed E-state index contributed by atoms with van der Waals surface area (Å²) in [5.41, 5.74) is -0.102. The van der Waals surface area contributed by atoms with Crippen molar-refractivity contribution in [1.82, 2.24) is 4.57 Å². The smallest absolute Gasteiger partial charge is 0.335 e. The number of carbonyl (C=O) groups is 2. The number of carboxylic acids is 1. The average Bonchev–Trinajstić information content (AvgIpc) is 3.33. The quantitative estimate of drug-likeness (QED) is 0.355. The van der Waals surface area contributed by atoms with Crippen molar-refractivity contribution in [3.05, 3.63) is 81.2 Å². The van der Waals surface area contributed by atoms with Crippen LogP contribution in [-0.4, -0.2) is 47.5 Å². The highest BCUT2D eigenvalue weighted by Gasteiger charge is 2.40. The van der Waals surface area contributed by atoms with E-state index in [2.05, 4.69) is 10.3 Å². The number of halogens is 3. The van der Waals surface area contributed by atoms with Gasteiger partial charge in [-0.15, -0.1) is 0 Å². The second-order valence-electron chi connectivity index (χ2n) is 9.27. The predicted molar refractivity (Wildman–Crippen MR) is 146 cm³/mol. The molecule has 0 spiro atoms. The summed E-state index contributed by atoms with van der Waals surface area (Å²) in [7, 11) is 1.40. The highest BCUT2D eigenvalue weighted by atomic mass is 35.5. The third-order valence-electron chi connectivity index (χ3n) is 6.58. The molecule has 2 unspecified atom stereocenters. The van der Waals surface area contributed by atoms with Gasteiger partial charge in [0.1, 0.15) is 11.8 Å². The Labute approximate surface area is 233 Å². The molecule has 9 nitrogen and oxygen atoms in total. The second kappa shape index (κ2) is 11.5. The number of hydrogen-bond acceptors (Lipinski definition) is 6. The van der Waals surface area contributed by atoms with Gasteiger partial charge in [0.2, 0.25) is 5.91 Å². The highest BCUT2D eigenvalue weighted by molar-refractivity contribution is 6.31. The maximum absolute atomic E-state index is 13.4. The topological polar surface area (TPSA) is 119 Å². The summed E-state index contributed by atoms with van der Waals surface area (Å²) in [5, 5.41) is 12.1. The van der Waals surface area contributed by atoms with Crippen LogP contribution in [0.1, 0.15) is 42.2 Å². The van der Waals surface area contributed by atoms with Gasteiger partial charge < -0.3 is 19.9 Å². The number of aromatic nitrogens is 1. The van der Waals surface area contributed by atoms with E-state index in [0.717, 1.165) is 0 Å². The molecule has 2 atom stereocenters. The van der Waals surface area contributed by atoms with E-state index in [1.165, 1.54) is 48.2 Å². The highest BCUT2D eigenvalue weighted by Crippen LogP contribution is 2.41. The van der Waals surface area contributed by atoms with Crippen molar-refractivity contribution < 1.29 is 33.0 Å². The van der Waals surface area contributed by atoms with Crippen molar-refractivity contribution >= 4 is 35.1 Å². The van der Waals surface area contributed by atoms with Crippen molar-refractivity contribution in [2.24, 2.45) is 4.99 Å². The molecule has 1 amide bonds. The van der Waals surface area contributed by atoms with Crippen LogP contribution in [0.4, 0.5) is 14.5 Å². The van der Waals surface area contributed by atoms with Crippen LogP contribution in [-0.2, 0) is 15.1 Å². The van der Waals surface area contributed by atoms with Crippen molar-refractivity contribution in [2.75, 3.05) is 19.0 Å². The number of hydrogen-bond donors (Lipinski definition) is 2. The van der Waals surface area contributed by atoms with Crippen molar-refractivity contribution in [1.29, 1.82) is 0 Å². The zero-order chi connectivity index (χ0) is 29.2. The Morgan fingerprint density at radius 3 is 2.48 bits per heavy atom. The van der Waals surface area contributed by atoms with E-state index >= 15 is 0 Å². The van der Waals surface area contributed by atoms with Crippen molar-refractivity contribution in [2.45, 2.75) is 38.3 Å². The first-order valence-electron chi connectivity index (χ1n) is 12.2. The largest absolute Gasteiger partial charge is 0.495 e. The van der Waals surface area contributed by atoms with E-state index in [4.69, 9.17) is 26.2 Å². The van der Waals surface area contributed by atoms with Gasteiger partial charge in [0.05, 0.1) is 25.4 Å². The van der Waals surface area contributed by atoms with Crippen LogP contribution >= 0.6 is 11.6 Å². The van der Waals surface area contributed by atoms with Gasteiger partial charge in [0.25, 0.3) is 11.5 Å². The molecule has 12 heteroatoms. The third-order valence-corrected chi connectivity index (χ3v) is 6.82. The molecule has 0 fully saturated rings. The van der Waals surface area contributed by atoms with Crippen molar-refractivity contribution in [3.63, 3.8) is 0 Å².